The Morgan fingerprint density at radius 2 is 2.15 bits per heavy atom. The van der Waals surface area contributed by atoms with E-state index in [1.807, 2.05) is 11.6 Å². The zero-order valence-electron chi connectivity index (χ0n) is 17.0. The fourth-order valence-corrected chi connectivity index (χ4v) is 3.78. The highest BCUT2D eigenvalue weighted by Crippen LogP contribution is 2.31. The number of unbranched alkanes of at least 4 members (excludes halogenated alkanes) is 1. The van der Waals surface area contributed by atoms with E-state index in [2.05, 4.69) is 41.0 Å². The number of nitrogens with one attached hydrogen (secondary N) is 1. The molecule has 3 heterocycles. The van der Waals surface area contributed by atoms with Crippen molar-refractivity contribution in [2.24, 2.45) is 11.8 Å². The summed E-state index contributed by atoms with van der Waals surface area (Å²) in [6.45, 7) is 11.7. The van der Waals surface area contributed by atoms with Gasteiger partial charge in [0.1, 0.15) is 12.1 Å². The van der Waals surface area contributed by atoms with Crippen molar-refractivity contribution in [1.82, 2.24) is 25.1 Å². The van der Waals surface area contributed by atoms with E-state index in [4.69, 9.17) is 5.10 Å². The van der Waals surface area contributed by atoms with Crippen molar-refractivity contribution in [1.29, 1.82) is 0 Å². The average Bonchev–Trinajstić information content (AvgIpc) is 3.25. The van der Waals surface area contributed by atoms with Crippen LogP contribution in [0.15, 0.2) is 6.33 Å². The lowest BCUT2D eigenvalue weighted by atomic mass is 10.1. The number of anilines is 1. The van der Waals surface area contributed by atoms with E-state index in [0.29, 0.717) is 19.0 Å². The highest BCUT2D eigenvalue weighted by atomic mass is 16.1. The zero-order valence-corrected chi connectivity index (χ0v) is 17.0. The van der Waals surface area contributed by atoms with Gasteiger partial charge >= 0.3 is 0 Å². The monoisotopic (exact) mass is 372 g/mol. The van der Waals surface area contributed by atoms with Crippen molar-refractivity contribution in [3.8, 4) is 0 Å². The molecular formula is C20H32N6O. The van der Waals surface area contributed by atoms with E-state index >= 15 is 0 Å². The summed E-state index contributed by atoms with van der Waals surface area (Å²) in [5, 5.41) is 8.91. The quantitative estimate of drug-likeness (QED) is 0.771. The number of carbonyl (C=O) groups is 1. The number of amides is 1. The first kappa shape index (κ1) is 19.6. The molecule has 1 fully saturated rings. The first-order chi connectivity index (χ1) is 13.0. The molecule has 0 bridgehead atoms. The van der Waals surface area contributed by atoms with Crippen molar-refractivity contribution in [2.45, 2.75) is 59.9 Å². The van der Waals surface area contributed by atoms with Crippen LogP contribution in [0.5, 0.6) is 0 Å². The van der Waals surface area contributed by atoms with E-state index in [1.54, 1.807) is 6.33 Å². The molecule has 0 aliphatic carbocycles. The lowest BCUT2D eigenvalue weighted by molar-refractivity contribution is -0.124. The normalized spacial score (nSPS) is 17.2. The van der Waals surface area contributed by atoms with Gasteiger partial charge in [0.2, 0.25) is 5.91 Å². The lowest BCUT2D eigenvalue weighted by Gasteiger charge is -2.18. The second-order valence-corrected chi connectivity index (χ2v) is 7.84. The summed E-state index contributed by atoms with van der Waals surface area (Å²) >= 11 is 0. The maximum Gasteiger partial charge on any atom is 0.224 e. The number of carbonyl (C=O) groups excluding carboxylic acids is 1. The fourth-order valence-electron chi connectivity index (χ4n) is 3.78. The van der Waals surface area contributed by atoms with Gasteiger partial charge in [-0.05, 0) is 32.1 Å². The van der Waals surface area contributed by atoms with Crippen LogP contribution in [0.1, 0.15) is 52.7 Å². The number of aromatic nitrogens is 4. The van der Waals surface area contributed by atoms with Gasteiger partial charge in [-0.25, -0.2) is 14.6 Å². The summed E-state index contributed by atoms with van der Waals surface area (Å²) in [4.78, 5) is 23.7. The molecule has 1 aliphatic rings. The average molecular weight is 373 g/mol. The minimum atomic E-state index is 0.0265. The Labute approximate surface area is 161 Å². The van der Waals surface area contributed by atoms with E-state index in [-0.39, 0.29) is 11.8 Å². The maximum absolute atomic E-state index is 12.2. The van der Waals surface area contributed by atoms with Gasteiger partial charge in [0.05, 0.1) is 17.0 Å². The van der Waals surface area contributed by atoms with Gasteiger partial charge in [-0.3, -0.25) is 4.79 Å². The van der Waals surface area contributed by atoms with Gasteiger partial charge in [0, 0.05) is 26.2 Å². The van der Waals surface area contributed by atoms with Gasteiger partial charge in [-0.2, -0.15) is 5.10 Å². The molecule has 3 rings (SSSR count). The standard InChI is InChI=1S/C20H32N6O/c1-5-7-9-26-19-17(16(24-26)11-14(3)4)18(22-13-23-19)25-10-8-15(12-25)20(27)21-6-2/h13-15H,5-12H2,1-4H3,(H,21,27). The molecule has 1 N–H and O–H groups in total. The van der Waals surface area contributed by atoms with Crippen LogP contribution < -0.4 is 10.2 Å². The number of fused-ring (bicyclic) bond motifs is 1. The molecule has 0 saturated carbocycles. The van der Waals surface area contributed by atoms with Gasteiger partial charge in [-0.15, -0.1) is 0 Å². The summed E-state index contributed by atoms with van der Waals surface area (Å²) < 4.78 is 2.04. The Kier molecular flexibility index (Phi) is 6.29. The third-order valence-electron chi connectivity index (χ3n) is 5.12. The Hall–Kier alpha value is -2.18. The van der Waals surface area contributed by atoms with E-state index in [1.165, 1.54) is 0 Å². The number of aryl methyl sites for hydroxylation is 1. The molecule has 2 aromatic rings. The first-order valence-corrected chi connectivity index (χ1v) is 10.3. The topological polar surface area (TPSA) is 75.9 Å². The molecule has 7 heteroatoms. The number of nitrogens with zero attached hydrogens (tertiary/aromatic N) is 5. The van der Waals surface area contributed by atoms with Gasteiger partial charge < -0.3 is 10.2 Å². The SMILES string of the molecule is CCCCn1nc(CC(C)C)c2c(N3CCC(C(=O)NCC)C3)ncnc21. The molecule has 1 atom stereocenters. The van der Waals surface area contributed by atoms with Crippen LogP contribution >= 0.6 is 0 Å². The smallest absolute Gasteiger partial charge is 0.224 e. The Morgan fingerprint density at radius 1 is 1.33 bits per heavy atom. The predicted octanol–water partition coefficient (Wildman–Crippen LogP) is 2.79. The number of hydrogen-bond acceptors (Lipinski definition) is 5. The fraction of sp³-hybridized carbons (Fsp3) is 0.700. The molecule has 0 aromatic carbocycles. The minimum absolute atomic E-state index is 0.0265. The molecule has 1 aliphatic heterocycles. The maximum atomic E-state index is 12.2. The van der Waals surface area contributed by atoms with Crippen molar-refractivity contribution in [2.75, 3.05) is 24.5 Å². The first-order valence-electron chi connectivity index (χ1n) is 10.3. The second kappa shape index (κ2) is 8.67. The molecule has 0 radical (unpaired) electrons. The molecular weight excluding hydrogens is 340 g/mol. The molecule has 27 heavy (non-hydrogen) atoms. The zero-order chi connectivity index (χ0) is 19.4. The summed E-state index contributed by atoms with van der Waals surface area (Å²) in [5.41, 5.74) is 2.00. The van der Waals surface area contributed by atoms with Crippen molar-refractivity contribution < 1.29 is 4.79 Å². The number of hydrogen-bond donors (Lipinski definition) is 1. The minimum Gasteiger partial charge on any atom is -0.356 e. The van der Waals surface area contributed by atoms with Crippen LogP contribution in [-0.4, -0.2) is 45.3 Å². The Balaban J connectivity index is 1.95. The molecule has 1 saturated heterocycles. The van der Waals surface area contributed by atoms with Crippen LogP contribution in [0.2, 0.25) is 0 Å². The molecule has 1 amide bonds. The third-order valence-corrected chi connectivity index (χ3v) is 5.12. The van der Waals surface area contributed by atoms with Crippen molar-refractivity contribution in [3.05, 3.63) is 12.0 Å². The van der Waals surface area contributed by atoms with Gasteiger partial charge in [0.15, 0.2) is 5.65 Å². The largest absolute Gasteiger partial charge is 0.356 e. The van der Waals surface area contributed by atoms with E-state index in [0.717, 1.165) is 61.3 Å². The van der Waals surface area contributed by atoms with E-state index < -0.39 is 0 Å². The third kappa shape index (κ3) is 4.22. The summed E-state index contributed by atoms with van der Waals surface area (Å²) in [7, 11) is 0. The number of rotatable bonds is 8. The molecule has 1 unspecified atom stereocenters. The molecule has 7 nitrogen and oxygen atoms in total. The highest BCUT2D eigenvalue weighted by molar-refractivity contribution is 5.90. The van der Waals surface area contributed by atoms with Gasteiger partial charge in [-0.1, -0.05) is 27.2 Å². The predicted molar refractivity (Wildman–Crippen MR) is 108 cm³/mol. The summed E-state index contributed by atoms with van der Waals surface area (Å²) in [6, 6.07) is 0. The second-order valence-electron chi connectivity index (χ2n) is 7.84. The Morgan fingerprint density at radius 3 is 2.85 bits per heavy atom. The lowest BCUT2D eigenvalue weighted by Crippen LogP contribution is -2.32. The van der Waals surface area contributed by atoms with Crippen molar-refractivity contribution >= 4 is 22.8 Å². The van der Waals surface area contributed by atoms with Crippen LogP contribution in [0.4, 0.5) is 5.82 Å². The summed E-state index contributed by atoms with van der Waals surface area (Å²) in [5.74, 6) is 1.62. The van der Waals surface area contributed by atoms with Crippen LogP contribution in [0.3, 0.4) is 0 Å². The van der Waals surface area contributed by atoms with E-state index in [9.17, 15) is 4.79 Å². The molecule has 2 aromatic heterocycles. The van der Waals surface area contributed by atoms with Crippen LogP contribution in [-0.2, 0) is 17.8 Å². The van der Waals surface area contributed by atoms with Crippen LogP contribution in [0, 0.1) is 11.8 Å². The highest BCUT2D eigenvalue weighted by Gasteiger charge is 2.31. The van der Waals surface area contributed by atoms with Crippen LogP contribution in [0.25, 0.3) is 11.0 Å². The van der Waals surface area contributed by atoms with Gasteiger partial charge in [0.25, 0.3) is 0 Å². The molecule has 148 valence electrons. The Bertz CT molecular complexity index is 784. The van der Waals surface area contributed by atoms with Crippen molar-refractivity contribution in [3.63, 3.8) is 0 Å². The molecule has 0 spiro atoms. The summed E-state index contributed by atoms with van der Waals surface area (Å²) in [6.07, 6.45) is 5.62.